The van der Waals surface area contributed by atoms with Crippen LogP contribution in [0.15, 0.2) is 28.0 Å². The van der Waals surface area contributed by atoms with Gasteiger partial charge in [0.15, 0.2) is 5.16 Å². The molecule has 0 aromatic carbocycles. The highest BCUT2D eigenvalue weighted by Crippen LogP contribution is 2.22. The quantitative estimate of drug-likeness (QED) is 0.761. The number of carbonyl (C=O) groups is 1. The van der Waals surface area contributed by atoms with Crippen LogP contribution in [0.4, 0.5) is 5.95 Å². The Morgan fingerprint density at radius 2 is 2.48 bits per heavy atom. The number of hydrogen-bond acceptors (Lipinski definition) is 7. The number of anilines is 1. The van der Waals surface area contributed by atoms with Crippen molar-refractivity contribution in [3.05, 3.63) is 24.2 Å². The van der Waals surface area contributed by atoms with Crippen molar-refractivity contribution in [3.63, 3.8) is 0 Å². The van der Waals surface area contributed by atoms with E-state index < -0.39 is 6.04 Å². The zero-order valence-electron chi connectivity index (χ0n) is 11.3. The van der Waals surface area contributed by atoms with Gasteiger partial charge in [-0.1, -0.05) is 11.8 Å². The van der Waals surface area contributed by atoms with Gasteiger partial charge in [-0.15, -0.1) is 10.2 Å². The second-order valence-electron chi connectivity index (χ2n) is 4.13. The molecule has 2 rings (SSSR count). The number of amides is 1. The van der Waals surface area contributed by atoms with Gasteiger partial charge in [0.1, 0.15) is 11.8 Å². The monoisotopic (exact) mass is 306 g/mol. The Balaban J connectivity index is 2.04. The molecule has 0 saturated carbocycles. The van der Waals surface area contributed by atoms with Crippen LogP contribution in [0, 0.1) is 11.3 Å². The van der Waals surface area contributed by atoms with Gasteiger partial charge in [0.25, 0.3) is 0 Å². The molecule has 0 aliphatic carbocycles. The molecule has 0 bridgehead atoms. The van der Waals surface area contributed by atoms with Crippen molar-refractivity contribution in [3.8, 4) is 6.07 Å². The standard InChI is InChI=1S/C12H14N6O2S/c1-8(10(19)15-7-9-3-2-5-20-9)18-11(14)16-17-12(18)21-6-4-13/h2-3,5,8H,6-7H2,1H3,(H2,14,16)(H,15,19). The molecule has 0 aliphatic heterocycles. The highest BCUT2D eigenvalue weighted by atomic mass is 32.2. The Kier molecular flexibility index (Phi) is 4.84. The van der Waals surface area contributed by atoms with Crippen LogP contribution in [0.25, 0.3) is 0 Å². The average Bonchev–Trinajstić information content (AvgIpc) is 3.11. The van der Waals surface area contributed by atoms with E-state index in [1.54, 1.807) is 25.3 Å². The highest BCUT2D eigenvalue weighted by Gasteiger charge is 2.22. The summed E-state index contributed by atoms with van der Waals surface area (Å²) in [4.78, 5) is 12.2. The van der Waals surface area contributed by atoms with E-state index in [0.717, 1.165) is 0 Å². The molecule has 2 heterocycles. The molecule has 2 aromatic heterocycles. The predicted molar refractivity (Wildman–Crippen MR) is 76.0 cm³/mol. The predicted octanol–water partition coefficient (Wildman–Crippen LogP) is 0.946. The highest BCUT2D eigenvalue weighted by molar-refractivity contribution is 7.99. The molecule has 1 unspecified atom stereocenters. The lowest BCUT2D eigenvalue weighted by molar-refractivity contribution is -0.124. The number of aromatic nitrogens is 3. The number of nitrogens with zero attached hydrogens (tertiary/aromatic N) is 4. The molecule has 1 atom stereocenters. The van der Waals surface area contributed by atoms with Crippen LogP contribution in [0.3, 0.4) is 0 Å². The fourth-order valence-corrected chi connectivity index (χ4v) is 2.38. The molecule has 1 amide bonds. The summed E-state index contributed by atoms with van der Waals surface area (Å²) in [6, 6.07) is 4.93. The van der Waals surface area contributed by atoms with E-state index in [2.05, 4.69) is 15.5 Å². The second-order valence-corrected chi connectivity index (χ2v) is 5.07. The third-order valence-electron chi connectivity index (χ3n) is 2.74. The third-order valence-corrected chi connectivity index (χ3v) is 3.55. The van der Waals surface area contributed by atoms with Gasteiger partial charge in [-0.05, 0) is 19.1 Å². The van der Waals surface area contributed by atoms with Crippen molar-refractivity contribution in [1.29, 1.82) is 5.26 Å². The van der Waals surface area contributed by atoms with E-state index in [1.165, 1.54) is 16.3 Å². The van der Waals surface area contributed by atoms with E-state index in [-0.39, 0.29) is 17.6 Å². The molecular weight excluding hydrogens is 292 g/mol. The minimum Gasteiger partial charge on any atom is -0.467 e. The first-order valence-electron chi connectivity index (χ1n) is 6.13. The van der Waals surface area contributed by atoms with Crippen LogP contribution >= 0.6 is 11.8 Å². The molecule has 3 N–H and O–H groups in total. The molecule has 9 heteroatoms. The zero-order chi connectivity index (χ0) is 15.2. The number of carbonyl (C=O) groups excluding carboxylic acids is 1. The first-order valence-corrected chi connectivity index (χ1v) is 7.12. The number of furan rings is 1. The van der Waals surface area contributed by atoms with Crippen molar-refractivity contribution in [2.75, 3.05) is 11.5 Å². The maximum atomic E-state index is 12.2. The van der Waals surface area contributed by atoms with Crippen LogP contribution in [0.5, 0.6) is 0 Å². The largest absolute Gasteiger partial charge is 0.467 e. The summed E-state index contributed by atoms with van der Waals surface area (Å²) in [6.07, 6.45) is 1.54. The van der Waals surface area contributed by atoms with Crippen LogP contribution in [0.1, 0.15) is 18.7 Å². The van der Waals surface area contributed by atoms with E-state index in [1.807, 2.05) is 6.07 Å². The van der Waals surface area contributed by atoms with Gasteiger partial charge in [0, 0.05) is 0 Å². The average molecular weight is 306 g/mol. The second kappa shape index (κ2) is 6.81. The van der Waals surface area contributed by atoms with Crippen molar-refractivity contribution < 1.29 is 9.21 Å². The fraction of sp³-hybridized carbons (Fsp3) is 0.333. The van der Waals surface area contributed by atoms with Crippen molar-refractivity contribution in [2.24, 2.45) is 0 Å². The molecule has 0 saturated heterocycles. The van der Waals surface area contributed by atoms with Gasteiger partial charge in [-0.25, -0.2) is 0 Å². The normalized spacial score (nSPS) is 11.8. The summed E-state index contributed by atoms with van der Waals surface area (Å²) >= 11 is 1.18. The van der Waals surface area contributed by atoms with Gasteiger partial charge in [0.05, 0.1) is 24.6 Å². The summed E-state index contributed by atoms with van der Waals surface area (Å²) in [7, 11) is 0. The van der Waals surface area contributed by atoms with Gasteiger partial charge >= 0.3 is 0 Å². The maximum absolute atomic E-state index is 12.2. The van der Waals surface area contributed by atoms with Crippen LogP contribution in [0.2, 0.25) is 0 Å². The molecular formula is C12H14N6O2S. The first-order chi connectivity index (χ1) is 10.1. The molecule has 110 valence electrons. The summed E-state index contributed by atoms with van der Waals surface area (Å²) < 4.78 is 6.64. The Hall–Kier alpha value is -2.47. The SMILES string of the molecule is CC(C(=O)NCc1ccco1)n1c(N)nnc1SCC#N. The smallest absolute Gasteiger partial charge is 0.243 e. The number of nitrogens with two attached hydrogens (primary N) is 1. The lowest BCUT2D eigenvalue weighted by Crippen LogP contribution is -2.31. The van der Waals surface area contributed by atoms with Gasteiger partial charge in [0.2, 0.25) is 11.9 Å². The number of hydrogen-bond donors (Lipinski definition) is 2. The topological polar surface area (TPSA) is 123 Å². The Morgan fingerprint density at radius 1 is 1.67 bits per heavy atom. The van der Waals surface area contributed by atoms with Crippen molar-refractivity contribution >= 4 is 23.6 Å². The number of thioether (sulfide) groups is 1. The fourth-order valence-electron chi connectivity index (χ4n) is 1.70. The Bertz CT molecular complexity index is 645. The Labute approximate surface area is 125 Å². The number of nitrogens with one attached hydrogen (secondary N) is 1. The van der Waals surface area contributed by atoms with E-state index in [0.29, 0.717) is 17.5 Å². The summed E-state index contributed by atoms with van der Waals surface area (Å²) in [5, 5.41) is 19.4. The molecule has 0 radical (unpaired) electrons. The number of nitrogen functional groups attached to an aromatic ring is 1. The molecule has 2 aromatic rings. The lowest BCUT2D eigenvalue weighted by atomic mass is 10.3. The molecule has 0 spiro atoms. The summed E-state index contributed by atoms with van der Waals surface area (Å²) in [5.74, 6) is 0.762. The maximum Gasteiger partial charge on any atom is 0.243 e. The number of nitriles is 1. The Morgan fingerprint density at radius 3 is 3.14 bits per heavy atom. The van der Waals surface area contributed by atoms with Crippen molar-refractivity contribution in [1.82, 2.24) is 20.1 Å². The van der Waals surface area contributed by atoms with E-state index >= 15 is 0 Å². The van der Waals surface area contributed by atoms with E-state index in [9.17, 15) is 4.79 Å². The van der Waals surface area contributed by atoms with Gasteiger partial charge < -0.3 is 15.5 Å². The van der Waals surface area contributed by atoms with Gasteiger partial charge in [-0.3, -0.25) is 9.36 Å². The third kappa shape index (κ3) is 3.55. The minimum atomic E-state index is -0.587. The van der Waals surface area contributed by atoms with Crippen LogP contribution in [-0.2, 0) is 11.3 Å². The lowest BCUT2D eigenvalue weighted by Gasteiger charge is -2.15. The summed E-state index contributed by atoms with van der Waals surface area (Å²) in [5.41, 5.74) is 5.74. The van der Waals surface area contributed by atoms with E-state index in [4.69, 9.17) is 15.4 Å². The molecule has 0 aliphatic rings. The minimum absolute atomic E-state index is 0.135. The molecule has 21 heavy (non-hydrogen) atoms. The van der Waals surface area contributed by atoms with Crippen molar-refractivity contribution in [2.45, 2.75) is 24.7 Å². The molecule has 0 fully saturated rings. The van der Waals surface area contributed by atoms with Crippen LogP contribution < -0.4 is 11.1 Å². The summed E-state index contributed by atoms with van der Waals surface area (Å²) in [6.45, 7) is 1.98. The van der Waals surface area contributed by atoms with Crippen LogP contribution in [-0.4, -0.2) is 26.4 Å². The molecule has 8 nitrogen and oxygen atoms in total. The van der Waals surface area contributed by atoms with Gasteiger partial charge in [-0.2, -0.15) is 5.26 Å². The zero-order valence-corrected chi connectivity index (χ0v) is 12.1. The number of rotatable bonds is 6. The first kappa shape index (κ1) is 14.9.